The summed E-state index contributed by atoms with van der Waals surface area (Å²) in [5.41, 5.74) is 0. The van der Waals surface area contributed by atoms with Crippen LogP contribution in [0.3, 0.4) is 0 Å². The van der Waals surface area contributed by atoms with Gasteiger partial charge in [0.05, 0.1) is 6.61 Å². The van der Waals surface area contributed by atoms with Crippen molar-refractivity contribution in [2.45, 2.75) is 33.1 Å². The molecule has 0 aliphatic carbocycles. The first kappa shape index (κ1) is 10.4. The highest BCUT2D eigenvalue weighted by atomic mass is 16.6. The third-order valence-corrected chi connectivity index (χ3v) is 2.72. The third-order valence-electron chi connectivity index (χ3n) is 2.72. The average Bonchev–Trinajstić information content (AvgIpc) is 2.18. The number of rotatable bonds is 2. The van der Waals surface area contributed by atoms with Gasteiger partial charge in [-0.05, 0) is 25.7 Å². The fraction of sp³-hybridized carbons (Fsp3) is 0.900. The van der Waals surface area contributed by atoms with Crippen LogP contribution in [-0.2, 0) is 4.74 Å². The summed E-state index contributed by atoms with van der Waals surface area (Å²) < 4.78 is 4.94. The van der Waals surface area contributed by atoms with Gasteiger partial charge in [0.15, 0.2) is 0 Å². The number of hydrogen-bond acceptors (Lipinski definition) is 2. The van der Waals surface area contributed by atoms with Crippen LogP contribution in [0.15, 0.2) is 0 Å². The van der Waals surface area contributed by atoms with Crippen LogP contribution >= 0.6 is 0 Å². The molecule has 0 spiro atoms. The maximum absolute atomic E-state index is 11.3. The number of piperidine rings is 1. The average molecular weight is 185 g/mol. The van der Waals surface area contributed by atoms with Crippen molar-refractivity contribution in [2.24, 2.45) is 5.92 Å². The van der Waals surface area contributed by atoms with Crippen molar-refractivity contribution in [3.63, 3.8) is 0 Å². The Morgan fingerprint density at radius 1 is 1.38 bits per heavy atom. The number of ether oxygens (including phenoxy) is 1. The van der Waals surface area contributed by atoms with Gasteiger partial charge in [0.25, 0.3) is 0 Å². The van der Waals surface area contributed by atoms with Crippen molar-refractivity contribution in [3.05, 3.63) is 0 Å². The summed E-state index contributed by atoms with van der Waals surface area (Å²) in [7, 11) is 0. The zero-order chi connectivity index (χ0) is 9.68. The molecule has 1 saturated heterocycles. The van der Waals surface area contributed by atoms with Gasteiger partial charge >= 0.3 is 6.09 Å². The molecule has 76 valence electrons. The minimum absolute atomic E-state index is 0.142. The van der Waals surface area contributed by atoms with E-state index < -0.39 is 0 Å². The van der Waals surface area contributed by atoms with E-state index in [0.29, 0.717) is 6.61 Å². The quantitative estimate of drug-likeness (QED) is 0.660. The highest BCUT2D eigenvalue weighted by Crippen LogP contribution is 2.20. The molecular weight excluding hydrogens is 166 g/mol. The van der Waals surface area contributed by atoms with E-state index in [1.165, 1.54) is 6.42 Å². The Hall–Kier alpha value is -0.730. The van der Waals surface area contributed by atoms with E-state index in [9.17, 15) is 4.79 Å². The highest BCUT2D eigenvalue weighted by molar-refractivity contribution is 5.67. The number of carbonyl (C=O) groups excluding carboxylic acids is 1. The van der Waals surface area contributed by atoms with Crippen LogP contribution in [0.4, 0.5) is 4.79 Å². The smallest absolute Gasteiger partial charge is 0.409 e. The fourth-order valence-electron chi connectivity index (χ4n) is 1.74. The Labute approximate surface area is 80.1 Å². The van der Waals surface area contributed by atoms with Gasteiger partial charge in [-0.1, -0.05) is 13.3 Å². The predicted octanol–water partition coefficient (Wildman–Crippen LogP) is 2.26. The molecule has 1 fully saturated rings. The Kier molecular flexibility index (Phi) is 4.06. The SMILES string of the molecule is CCOC(=O)N1CCC(CC)CC1. The van der Waals surface area contributed by atoms with Crippen molar-refractivity contribution in [1.82, 2.24) is 4.90 Å². The summed E-state index contributed by atoms with van der Waals surface area (Å²) in [6.07, 6.45) is 3.36. The molecule has 1 heterocycles. The van der Waals surface area contributed by atoms with Gasteiger partial charge in [-0.25, -0.2) is 4.79 Å². The normalized spacial score (nSPS) is 18.8. The zero-order valence-corrected chi connectivity index (χ0v) is 8.58. The molecule has 0 saturated carbocycles. The second kappa shape index (κ2) is 5.10. The molecule has 0 bridgehead atoms. The van der Waals surface area contributed by atoms with E-state index in [1.807, 2.05) is 11.8 Å². The number of likely N-dealkylation sites (tertiary alicyclic amines) is 1. The molecule has 0 atom stereocenters. The second-order valence-electron chi connectivity index (χ2n) is 3.54. The van der Waals surface area contributed by atoms with Crippen molar-refractivity contribution in [3.8, 4) is 0 Å². The summed E-state index contributed by atoms with van der Waals surface area (Å²) in [6.45, 7) is 6.28. The Balaban J connectivity index is 2.28. The van der Waals surface area contributed by atoms with Gasteiger partial charge in [0.1, 0.15) is 0 Å². The van der Waals surface area contributed by atoms with E-state index in [-0.39, 0.29) is 6.09 Å². The molecule has 1 amide bonds. The molecule has 3 heteroatoms. The number of hydrogen-bond donors (Lipinski definition) is 0. The van der Waals surface area contributed by atoms with E-state index in [2.05, 4.69) is 6.92 Å². The van der Waals surface area contributed by atoms with E-state index in [0.717, 1.165) is 31.8 Å². The lowest BCUT2D eigenvalue weighted by Gasteiger charge is -2.30. The van der Waals surface area contributed by atoms with E-state index in [4.69, 9.17) is 4.74 Å². The molecule has 0 N–H and O–H groups in total. The van der Waals surface area contributed by atoms with Crippen LogP contribution in [0, 0.1) is 5.92 Å². The van der Waals surface area contributed by atoms with Gasteiger partial charge in [-0.2, -0.15) is 0 Å². The molecule has 0 radical (unpaired) electrons. The molecule has 1 rings (SSSR count). The van der Waals surface area contributed by atoms with Crippen LogP contribution in [-0.4, -0.2) is 30.7 Å². The van der Waals surface area contributed by atoms with Crippen molar-refractivity contribution >= 4 is 6.09 Å². The monoisotopic (exact) mass is 185 g/mol. The molecular formula is C10H19NO2. The first-order valence-electron chi connectivity index (χ1n) is 5.19. The van der Waals surface area contributed by atoms with Crippen LogP contribution in [0.5, 0.6) is 0 Å². The molecule has 0 aromatic rings. The molecule has 0 aromatic heterocycles. The molecule has 3 nitrogen and oxygen atoms in total. The number of carbonyl (C=O) groups is 1. The number of amides is 1. The van der Waals surface area contributed by atoms with Crippen molar-refractivity contribution < 1.29 is 9.53 Å². The molecule has 0 aromatic carbocycles. The van der Waals surface area contributed by atoms with Gasteiger partial charge in [0, 0.05) is 13.1 Å². The largest absolute Gasteiger partial charge is 0.450 e. The molecule has 1 aliphatic rings. The van der Waals surface area contributed by atoms with Crippen LogP contribution in [0.1, 0.15) is 33.1 Å². The first-order chi connectivity index (χ1) is 6.27. The predicted molar refractivity (Wildman–Crippen MR) is 51.6 cm³/mol. The molecule has 13 heavy (non-hydrogen) atoms. The summed E-state index contributed by atoms with van der Waals surface area (Å²) in [5, 5.41) is 0. The highest BCUT2D eigenvalue weighted by Gasteiger charge is 2.21. The second-order valence-corrected chi connectivity index (χ2v) is 3.54. The summed E-state index contributed by atoms with van der Waals surface area (Å²) in [4.78, 5) is 13.1. The maximum atomic E-state index is 11.3. The first-order valence-corrected chi connectivity index (χ1v) is 5.19. The number of nitrogens with zero attached hydrogens (tertiary/aromatic N) is 1. The zero-order valence-electron chi connectivity index (χ0n) is 8.58. The van der Waals surface area contributed by atoms with Gasteiger partial charge < -0.3 is 9.64 Å². The summed E-state index contributed by atoms with van der Waals surface area (Å²) in [6, 6.07) is 0. The lowest BCUT2D eigenvalue weighted by atomic mass is 9.95. The van der Waals surface area contributed by atoms with E-state index >= 15 is 0 Å². The van der Waals surface area contributed by atoms with Crippen LogP contribution in [0.2, 0.25) is 0 Å². The van der Waals surface area contributed by atoms with E-state index in [1.54, 1.807) is 0 Å². The lowest BCUT2D eigenvalue weighted by molar-refractivity contribution is 0.0914. The summed E-state index contributed by atoms with van der Waals surface area (Å²) in [5.74, 6) is 0.811. The van der Waals surface area contributed by atoms with Gasteiger partial charge in [-0.3, -0.25) is 0 Å². The maximum Gasteiger partial charge on any atom is 0.409 e. The summed E-state index contributed by atoms with van der Waals surface area (Å²) >= 11 is 0. The van der Waals surface area contributed by atoms with Crippen LogP contribution in [0.25, 0.3) is 0 Å². The van der Waals surface area contributed by atoms with Gasteiger partial charge in [-0.15, -0.1) is 0 Å². The fourth-order valence-corrected chi connectivity index (χ4v) is 1.74. The lowest BCUT2D eigenvalue weighted by Crippen LogP contribution is -2.38. The standard InChI is InChI=1S/C10H19NO2/c1-3-9-5-7-11(8-6-9)10(12)13-4-2/h9H,3-8H2,1-2H3. The third kappa shape index (κ3) is 2.90. The molecule has 1 aliphatic heterocycles. The minimum Gasteiger partial charge on any atom is -0.450 e. The van der Waals surface area contributed by atoms with Crippen LogP contribution < -0.4 is 0 Å². The minimum atomic E-state index is -0.142. The van der Waals surface area contributed by atoms with Crippen molar-refractivity contribution in [1.29, 1.82) is 0 Å². The Morgan fingerprint density at radius 2 is 2.00 bits per heavy atom. The Bertz CT molecular complexity index is 162. The van der Waals surface area contributed by atoms with Crippen molar-refractivity contribution in [2.75, 3.05) is 19.7 Å². The Morgan fingerprint density at radius 3 is 2.46 bits per heavy atom. The topological polar surface area (TPSA) is 29.5 Å². The molecule has 0 unspecified atom stereocenters. The van der Waals surface area contributed by atoms with Gasteiger partial charge in [0.2, 0.25) is 0 Å².